The highest BCUT2D eigenvalue weighted by molar-refractivity contribution is 5.73. The molecule has 0 saturated carbocycles. The average molecular weight is 432 g/mol. The van der Waals surface area contributed by atoms with Gasteiger partial charge in [0.15, 0.2) is 5.82 Å². The first-order chi connectivity index (χ1) is 15.5. The number of aromatic nitrogens is 4. The molecule has 0 amide bonds. The molecule has 2 aliphatic rings. The Kier molecular flexibility index (Phi) is 5.18. The van der Waals surface area contributed by atoms with Gasteiger partial charge in [-0.05, 0) is 30.9 Å². The van der Waals surface area contributed by atoms with Gasteiger partial charge in [-0.2, -0.15) is 15.1 Å². The summed E-state index contributed by atoms with van der Waals surface area (Å²) < 4.78 is 13.2. The fraction of sp³-hybridized carbons (Fsp3) is 0.348. The van der Waals surface area contributed by atoms with Crippen LogP contribution in [0.2, 0.25) is 0 Å². The van der Waals surface area contributed by atoms with E-state index < -0.39 is 0 Å². The van der Waals surface area contributed by atoms with Crippen LogP contribution in [0, 0.1) is 6.92 Å². The lowest BCUT2D eigenvalue weighted by molar-refractivity contribution is 0.110. The molecular weight excluding hydrogens is 408 g/mol. The Morgan fingerprint density at radius 3 is 2.84 bits per heavy atom. The van der Waals surface area contributed by atoms with E-state index in [2.05, 4.69) is 58.0 Å². The van der Waals surface area contributed by atoms with Crippen LogP contribution in [0.4, 0.5) is 0 Å². The number of hydrazone groups is 1. The largest absolute Gasteiger partial charge is 0.373 e. The van der Waals surface area contributed by atoms with Crippen LogP contribution in [0.5, 0.6) is 0 Å². The lowest BCUT2D eigenvalue weighted by Gasteiger charge is -2.26. The molecule has 0 radical (unpaired) electrons. The maximum absolute atomic E-state index is 11.9. The molecule has 1 fully saturated rings. The van der Waals surface area contributed by atoms with Crippen molar-refractivity contribution in [2.75, 3.05) is 6.61 Å². The number of hydrogen-bond donors (Lipinski definition) is 0. The first-order valence-corrected chi connectivity index (χ1v) is 10.6. The summed E-state index contributed by atoms with van der Waals surface area (Å²) in [7, 11) is 0. The minimum absolute atomic E-state index is 0.0331. The molecule has 0 bridgehead atoms. The Morgan fingerprint density at radius 1 is 1.25 bits per heavy atom. The smallest absolute Gasteiger partial charge is 0.276 e. The van der Waals surface area contributed by atoms with E-state index in [1.165, 1.54) is 17.5 Å². The summed E-state index contributed by atoms with van der Waals surface area (Å²) in [6.07, 6.45) is 4.88. The summed E-state index contributed by atoms with van der Waals surface area (Å²) in [5, 5.41) is 10.2. The minimum atomic E-state index is -0.284. The molecule has 3 aromatic rings. The second-order valence-electron chi connectivity index (χ2n) is 8.06. The highest BCUT2D eigenvalue weighted by atomic mass is 16.5. The van der Waals surface area contributed by atoms with Crippen LogP contribution < -0.4 is 5.56 Å². The van der Waals surface area contributed by atoms with Crippen LogP contribution in [-0.2, 0) is 17.7 Å². The van der Waals surface area contributed by atoms with Gasteiger partial charge in [0, 0.05) is 11.5 Å². The summed E-state index contributed by atoms with van der Waals surface area (Å²) in [5.41, 5.74) is 3.96. The van der Waals surface area contributed by atoms with Gasteiger partial charge >= 0.3 is 0 Å². The van der Waals surface area contributed by atoms with Crippen molar-refractivity contribution in [3.8, 4) is 0 Å². The van der Waals surface area contributed by atoms with E-state index in [0.717, 1.165) is 12.8 Å². The molecular formula is C23H24N6O3. The maximum atomic E-state index is 11.9. The van der Waals surface area contributed by atoms with E-state index in [1.54, 1.807) is 22.8 Å². The zero-order valence-electron chi connectivity index (χ0n) is 18.1. The third kappa shape index (κ3) is 3.64. The van der Waals surface area contributed by atoms with Gasteiger partial charge in [-0.3, -0.25) is 14.4 Å². The monoisotopic (exact) mass is 432 g/mol. The Bertz CT molecular complexity index is 1240. The molecule has 2 atom stereocenters. The molecule has 0 N–H and O–H groups in total. The fourth-order valence-corrected chi connectivity index (χ4v) is 4.10. The lowest BCUT2D eigenvalue weighted by Crippen LogP contribution is -2.28. The van der Waals surface area contributed by atoms with Crippen LogP contribution in [0.25, 0.3) is 5.70 Å². The molecule has 0 aliphatic carbocycles. The van der Waals surface area contributed by atoms with Crippen molar-refractivity contribution in [2.24, 2.45) is 5.10 Å². The van der Waals surface area contributed by atoms with E-state index in [-0.39, 0.29) is 24.1 Å². The first kappa shape index (κ1) is 20.3. The van der Waals surface area contributed by atoms with Crippen molar-refractivity contribution in [1.82, 2.24) is 24.7 Å². The van der Waals surface area contributed by atoms with Crippen molar-refractivity contribution in [1.29, 1.82) is 0 Å². The SMILES string of the molecule is C=C1c2c(C)c(=O)ncn2C=NN1Cc1nc([C@@H]2CO[C@@H](c3ccc(CC)cc3)C2)no1. The molecule has 9 nitrogen and oxygen atoms in total. The third-order valence-electron chi connectivity index (χ3n) is 6.02. The van der Waals surface area contributed by atoms with E-state index in [1.807, 2.05) is 0 Å². The van der Waals surface area contributed by atoms with Gasteiger partial charge in [-0.1, -0.05) is 42.9 Å². The Labute approximate surface area is 185 Å². The number of benzene rings is 1. The average Bonchev–Trinajstić information content (AvgIpc) is 3.48. The van der Waals surface area contributed by atoms with Crippen molar-refractivity contribution in [3.63, 3.8) is 0 Å². The zero-order valence-corrected chi connectivity index (χ0v) is 18.1. The maximum Gasteiger partial charge on any atom is 0.276 e. The van der Waals surface area contributed by atoms with Crippen LogP contribution in [0.15, 0.2) is 51.6 Å². The van der Waals surface area contributed by atoms with E-state index >= 15 is 0 Å². The summed E-state index contributed by atoms with van der Waals surface area (Å²) in [6, 6.07) is 8.56. The van der Waals surface area contributed by atoms with Crippen LogP contribution in [0.3, 0.4) is 0 Å². The summed E-state index contributed by atoms with van der Waals surface area (Å²) in [5.74, 6) is 1.14. The third-order valence-corrected chi connectivity index (χ3v) is 6.02. The minimum Gasteiger partial charge on any atom is -0.373 e. The topological polar surface area (TPSA) is 98.6 Å². The van der Waals surface area contributed by atoms with Crippen molar-refractivity contribution in [3.05, 3.63) is 81.6 Å². The molecule has 9 heteroatoms. The molecule has 1 aromatic carbocycles. The van der Waals surface area contributed by atoms with E-state index in [0.29, 0.717) is 35.3 Å². The van der Waals surface area contributed by atoms with Crippen molar-refractivity contribution < 1.29 is 9.26 Å². The van der Waals surface area contributed by atoms with Crippen molar-refractivity contribution >= 4 is 12.0 Å². The van der Waals surface area contributed by atoms with Crippen molar-refractivity contribution in [2.45, 2.75) is 45.3 Å². The highest BCUT2D eigenvalue weighted by Gasteiger charge is 2.31. The van der Waals surface area contributed by atoms with Crippen LogP contribution >= 0.6 is 0 Å². The standard InChI is InChI=1S/C23H24N6O3/c1-4-16-5-7-17(8-6-16)19-9-18(11-31-19)22-26-20(32-27-22)10-29-15(3)21-14(2)23(30)24-12-28(21)13-25-29/h5-8,12-13,18-19H,3-4,9-11H2,1-2H3/t18-,19+/m0/s1. The molecule has 2 aliphatic heterocycles. The summed E-state index contributed by atoms with van der Waals surface area (Å²) in [6.45, 7) is 8.77. The number of nitrogens with zero attached hydrogens (tertiary/aromatic N) is 6. The predicted molar refractivity (Wildman–Crippen MR) is 118 cm³/mol. The second-order valence-corrected chi connectivity index (χ2v) is 8.06. The zero-order chi connectivity index (χ0) is 22.2. The van der Waals surface area contributed by atoms with Gasteiger partial charge < -0.3 is 9.26 Å². The van der Waals surface area contributed by atoms with Gasteiger partial charge in [0.05, 0.1) is 24.1 Å². The van der Waals surface area contributed by atoms with E-state index in [9.17, 15) is 4.79 Å². The fourth-order valence-electron chi connectivity index (χ4n) is 4.10. The second kappa shape index (κ2) is 8.16. The molecule has 164 valence electrons. The molecule has 1 saturated heterocycles. The normalized spacial score (nSPS) is 20.1. The van der Waals surface area contributed by atoms with Gasteiger partial charge in [0.2, 0.25) is 5.89 Å². The van der Waals surface area contributed by atoms with Gasteiger partial charge in [0.1, 0.15) is 19.2 Å². The van der Waals surface area contributed by atoms with Crippen LogP contribution in [-0.4, -0.2) is 37.6 Å². The lowest BCUT2D eigenvalue weighted by atomic mass is 9.99. The quantitative estimate of drug-likeness (QED) is 0.611. The number of aryl methyl sites for hydroxylation is 1. The number of ether oxygens (including phenoxy) is 1. The summed E-state index contributed by atoms with van der Waals surface area (Å²) >= 11 is 0. The Balaban J connectivity index is 1.27. The molecule has 5 rings (SSSR count). The molecule has 4 heterocycles. The Morgan fingerprint density at radius 2 is 2.06 bits per heavy atom. The van der Waals surface area contributed by atoms with Gasteiger partial charge in [-0.15, -0.1) is 0 Å². The number of hydrogen-bond acceptors (Lipinski definition) is 8. The number of fused-ring (bicyclic) bond motifs is 1. The van der Waals surface area contributed by atoms with Gasteiger partial charge in [0.25, 0.3) is 5.56 Å². The summed E-state index contributed by atoms with van der Waals surface area (Å²) in [4.78, 5) is 20.3. The Hall–Kier alpha value is -3.59. The molecule has 0 spiro atoms. The van der Waals surface area contributed by atoms with Crippen LogP contribution in [0.1, 0.15) is 59.5 Å². The van der Waals surface area contributed by atoms with Gasteiger partial charge in [-0.25, -0.2) is 0 Å². The highest BCUT2D eigenvalue weighted by Crippen LogP contribution is 2.37. The first-order valence-electron chi connectivity index (χ1n) is 10.6. The molecule has 32 heavy (non-hydrogen) atoms. The molecule has 2 aromatic heterocycles. The number of rotatable bonds is 5. The predicted octanol–water partition coefficient (Wildman–Crippen LogP) is 3.02. The molecule has 0 unspecified atom stereocenters. The van der Waals surface area contributed by atoms with E-state index in [4.69, 9.17) is 9.26 Å².